The maximum atomic E-state index is 13.3. The van der Waals surface area contributed by atoms with Crippen molar-refractivity contribution in [2.75, 3.05) is 0 Å². The number of hydrogen-bond acceptors (Lipinski definition) is 1. The first kappa shape index (κ1) is 13.7. The molecule has 1 atom stereocenters. The minimum atomic E-state index is -4.27. The summed E-state index contributed by atoms with van der Waals surface area (Å²) in [6.45, 7) is 2.81. The maximum Gasteiger partial charge on any atom is 0.417 e. The summed E-state index contributed by atoms with van der Waals surface area (Å²) in [7, 11) is 0. The Balaban J connectivity index is 1.82. The lowest BCUT2D eigenvalue weighted by molar-refractivity contribution is -0.324. The Kier molecular flexibility index (Phi) is 2.98. The monoisotopic (exact) mass is 276 g/mol. The lowest BCUT2D eigenvalue weighted by atomic mass is 9.54. The van der Waals surface area contributed by atoms with Gasteiger partial charge in [0.05, 0.1) is 5.60 Å². The predicted octanol–water partition coefficient (Wildman–Crippen LogP) is 4.70. The van der Waals surface area contributed by atoms with Crippen LogP contribution in [0.2, 0.25) is 0 Å². The molecule has 4 fully saturated rings. The van der Waals surface area contributed by atoms with E-state index in [1.54, 1.807) is 6.92 Å². The summed E-state index contributed by atoms with van der Waals surface area (Å²) >= 11 is 0. The number of halogens is 3. The first-order chi connectivity index (χ1) is 8.75. The van der Waals surface area contributed by atoms with Crippen molar-refractivity contribution in [1.29, 1.82) is 0 Å². The van der Waals surface area contributed by atoms with Gasteiger partial charge in [0, 0.05) is 0 Å². The second-order valence-electron chi connectivity index (χ2n) is 7.28. The summed E-state index contributed by atoms with van der Waals surface area (Å²) in [6.07, 6.45) is 1.94. The van der Waals surface area contributed by atoms with Gasteiger partial charge in [-0.15, -0.1) is 0 Å². The molecular weight excluding hydrogens is 253 g/mol. The van der Waals surface area contributed by atoms with Gasteiger partial charge in [0.15, 0.2) is 5.60 Å². The highest BCUT2D eigenvalue weighted by Crippen LogP contribution is 2.59. The molecule has 1 unspecified atom stereocenters. The van der Waals surface area contributed by atoms with Crippen LogP contribution >= 0.6 is 0 Å². The molecule has 4 aliphatic rings. The van der Waals surface area contributed by atoms with Crippen molar-refractivity contribution in [2.45, 2.75) is 76.2 Å². The van der Waals surface area contributed by atoms with E-state index in [0.29, 0.717) is 17.8 Å². The molecule has 0 aromatic carbocycles. The number of alkyl halides is 3. The Bertz CT molecular complexity index is 328. The average Bonchev–Trinajstić information content (AvgIpc) is 2.24. The molecule has 0 heterocycles. The van der Waals surface area contributed by atoms with Crippen molar-refractivity contribution in [1.82, 2.24) is 0 Å². The zero-order chi connectivity index (χ0) is 13.9. The summed E-state index contributed by atoms with van der Waals surface area (Å²) in [4.78, 5) is 0. The molecule has 0 aromatic heterocycles. The van der Waals surface area contributed by atoms with Crippen LogP contribution in [0.25, 0.3) is 0 Å². The van der Waals surface area contributed by atoms with E-state index < -0.39 is 17.4 Å². The lowest BCUT2D eigenvalue weighted by Crippen LogP contribution is -2.58. The third-order valence-electron chi connectivity index (χ3n) is 5.70. The molecular formula is C15H23F3O. The fourth-order valence-electron chi connectivity index (χ4n) is 4.96. The second-order valence-corrected chi connectivity index (χ2v) is 7.28. The van der Waals surface area contributed by atoms with Gasteiger partial charge in [0.25, 0.3) is 0 Å². The average molecular weight is 276 g/mol. The zero-order valence-electron chi connectivity index (χ0n) is 11.7. The number of rotatable bonds is 3. The molecule has 4 bridgehead atoms. The van der Waals surface area contributed by atoms with Gasteiger partial charge >= 0.3 is 6.18 Å². The molecule has 0 spiro atoms. The summed E-state index contributed by atoms with van der Waals surface area (Å²) < 4.78 is 45.6. The Morgan fingerprint density at radius 1 is 1.00 bits per heavy atom. The highest BCUT2D eigenvalue weighted by atomic mass is 19.4. The zero-order valence-corrected chi connectivity index (χ0v) is 11.7. The van der Waals surface area contributed by atoms with Crippen LogP contribution in [0, 0.1) is 17.8 Å². The van der Waals surface area contributed by atoms with E-state index in [2.05, 4.69) is 0 Å². The smallest absolute Gasteiger partial charge is 0.359 e. The van der Waals surface area contributed by atoms with E-state index in [1.165, 1.54) is 26.2 Å². The van der Waals surface area contributed by atoms with E-state index in [0.717, 1.165) is 19.3 Å². The van der Waals surface area contributed by atoms with E-state index in [4.69, 9.17) is 4.74 Å². The molecule has 0 aliphatic heterocycles. The van der Waals surface area contributed by atoms with Crippen molar-refractivity contribution in [3.63, 3.8) is 0 Å². The van der Waals surface area contributed by atoms with E-state index in [-0.39, 0.29) is 6.42 Å². The van der Waals surface area contributed by atoms with Crippen LogP contribution in [0.5, 0.6) is 0 Å². The van der Waals surface area contributed by atoms with Crippen LogP contribution in [0.4, 0.5) is 13.2 Å². The highest BCUT2D eigenvalue weighted by molar-refractivity contribution is 5.05. The Morgan fingerprint density at radius 3 is 1.74 bits per heavy atom. The van der Waals surface area contributed by atoms with Crippen molar-refractivity contribution in [3.05, 3.63) is 0 Å². The van der Waals surface area contributed by atoms with Crippen molar-refractivity contribution < 1.29 is 17.9 Å². The predicted molar refractivity (Wildman–Crippen MR) is 66.7 cm³/mol. The summed E-state index contributed by atoms with van der Waals surface area (Å²) in [5.41, 5.74) is -2.45. The molecule has 19 heavy (non-hydrogen) atoms. The van der Waals surface area contributed by atoms with Crippen LogP contribution in [0.3, 0.4) is 0 Å². The van der Waals surface area contributed by atoms with Crippen molar-refractivity contribution in [2.24, 2.45) is 17.8 Å². The lowest BCUT2D eigenvalue weighted by Gasteiger charge is -2.58. The molecule has 0 saturated heterocycles. The minimum absolute atomic E-state index is 0.00174. The first-order valence-electron chi connectivity index (χ1n) is 7.52. The Labute approximate surface area is 112 Å². The molecule has 1 nitrogen and oxygen atoms in total. The van der Waals surface area contributed by atoms with Gasteiger partial charge < -0.3 is 4.74 Å². The fourth-order valence-corrected chi connectivity index (χ4v) is 4.96. The van der Waals surface area contributed by atoms with Gasteiger partial charge in [-0.1, -0.05) is 6.92 Å². The molecule has 4 heteroatoms. The van der Waals surface area contributed by atoms with Crippen molar-refractivity contribution in [3.8, 4) is 0 Å². The molecule has 0 aromatic rings. The van der Waals surface area contributed by atoms with E-state index >= 15 is 0 Å². The summed E-state index contributed by atoms with van der Waals surface area (Å²) in [5, 5.41) is 0. The molecule has 4 aliphatic carbocycles. The normalized spacial score (nSPS) is 44.4. The van der Waals surface area contributed by atoms with Gasteiger partial charge in [-0.2, -0.15) is 13.2 Å². The van der Waals surface area contributed by atoms with Crippen LogP contribution in [-0.2, 0) is 4.74 Å². The van der Waals surface area contributed by atoms with Gasteiger partial charge in [0.1, 0.15) is 0 Å². The molecule has 0 radical (unpaired) electrons. The standard InChI is InChI=1S/C15H23F3O/c1-3-13(2,15(16,17)18)19-14-7-10-4-11(8-14)6-12(5-10)9-14/h10-12H,3-9H2,1-2H3. The van der Waals surface area contributed by atoms with Crippen LogP contribution in [-0.4, -0.2) is 17.4 Å². The minimum Gasteiger partial charge on any atom is -0.359 e. The summed E-state index contributed by atoms with van der Waals surface area (Å²) in [6, 6.07) is 0. The molecule has 4 rings (SSSR count). The Hall–Kier alpha value is -0.250. The third-order valence-corrected chi connectivity index (χ3v) is 5.70. The quantitative estimate of drug-likeness (QED) is 0.725. The van der Waals surface area contributed by atoms with E-state index in [1.807, 2.05) is 0 Å². The third kappa shape index (κ3) is 2.20. The first-order valence-corrected chi connectivity index (χ1v) is 7.52. The molecule has 4 saturated carbocycles. The largest absolute Gasteiger partial charge is 0.417 e. The van der Waals surface area contributed by atoms with Crippen LogP contribution in [0.1, 0.15) is 58.8 Å². The van der Waals surface area contributed by atoms with Gasteiger partial charge in [-0.25, -0.2) is 0 Å². The molecule has 0 amide bonds. The van der Waals surface area contributed by atoms with Gasteiger partial charge in [0.2, 0.25) is 0 Å². The maximum absolute atomic E-state index is 13.3. The van der Waals surface area contributed by atoms with Gasteiger partial charge in [-0.05, 0) is 69.6 Å². The summed E-state index contributed by atoms with van der Waals surface area (Å²) in [5.74, 6) is 1.83. The second kappa shape index (κ2) is 4.12. The van der Waals surface area contributed by atoms with Crippen LogP contribution in [0.15, 0.2) is 0 Å². The Morgan fingerprint density at radius 2 is 1.42 bits per heavy atom. The number of ether oxygens (including phenoxy) is 1. The fraction of sp³-hybridized carbons (Fsp3) is 1.00. The van der Waals surface area contributed by atoms with Gasteiger partial charge in [-0.3, -0.25) is 0 Å². The SMILES string of the molecule is CCC(C)(OC12CC3CC(CC(C3)C1)C2)C(F)(F)F. The molecule has 0 N–H and O–H groups in total. The van der Waals surface area contributed by atoms with Crippen molar-refractivity contribution >= 4 is 0 Å². The van der Waals surface area contributed by atoms with Crippen LogP contribution < -0.4 is 0 Å². The number of hydrogen-bond donors (Lipinski definition) is 0. The van der Waals surface area contributed by atoms with E-state index in [9.17, 15) is 13.2 Å². The molecule has 110 valence electrons. The topological polar surface area (TPSA) is 9.23 Å². The highest BCUT2D eigenvalue weighted by Gasteiger charge is 2.59.